The predicted octanol–water partition coefficient (Wildman–Crippen LogP) is -0.761. The number of carboxylic acid groups (broad SMARTS) is 1. The maximum Gasteiger partial charge on any atom is 1.00 e. The van der Waals surface area contributed by atoms with E-state index in [0.717, 1.165) is 16.8 Å². The van der Waals surface area contributed by atoms with Gasteiger partial charge in [0.15, 0.2) is 17.1 Å². The molecular weight excluding hydrogens is 421 g/mol. The third kappa shape index (κ3) is 5.18. The number of methoxy groups -OCH3 is 2. The van der Waals surface area contributed by atoms with Crippen LogP contribution in [0.5, 0.6) is 11.5 Å². The number of anilines is 2. The molecule has 0 aliphatic heterocycles. The van der Waals surface area contributed by atoms with Crippen LogP contribution in [0.2, 0.25) is 0 Å². The second-order valence-electron chi connectivity index (χ2n) is 6.76. The van der Waals surface area contributed by atoms with E-state index in [1.54, 1.807) is 18.7 Å². The summed E-state index contributed by atoms with van der Waals surface area (Å²) in [6, 6.07) is 14.8. The van der Waals surface area contributed by atoms with Gasteiger partial charge in [0, 0.05) is 23.3 Å². The number of carbonyl (C=O) groups excluding carboxylic acids is 1. The van der Waals surface area contributed by atoms with Crippen molar-refractivity contribution < 1.29 is 48.9 Å². The Labute approximate surface area is 206 Å². The van der Waals surface area contributed by atoms with Crippen molar-refractivity contribution in [1.82, 2.24) is 19.6 Å². The van der Waals surface area contributed by atoms with E-state index in [4.69, 9.17) is 14.5 Å². The fraction of sp³-hybridized carbons (Fsp3) is 0.182. The number of carbonyl (C=O) groups is 1. The van der Waals surface area contributed by atoms with Gasteiger partial charge in [0.2, 0.25) is 5.95 Å². The van der Waals surface area contributed by atoms with Gasteiger partial charge in [-0.2, -0.15) is 9.61 Å². The second-order valence-corrected chi connectivity index (χ2v) is 6.76. The van der Waals surface area contributed by atoms with Crippen molar-refractivity contribution >= 4 is 23.3 Å². The first-order valence-electron chi connectivity index (χ1n) is 9.56. The molecule has 0 radical (unpaired) electrons. The normalized spacial score (nSPS) is 10.4. The van der Waals surface area contributed by atoms with Gasteiger partial charge in [-0.15, -0.1) is 0 Å². The van der Waals surface area contributed by atoms with Gasteiger partial charge in [0.1, 0.15) is 6.33 Å². The van der Waals surface area contributed by atoms with E-state index < -0.39 is 5.97 Å². The summed E-state index contributed by atoms with van der Waals surface area (Å²) in [7, 11) is 3.17. The van der Waals surface area contributed by atoms with Gasteiger partial charge in [-0.25, -0.2) is 9.97 Å². The number of benzene rings is 2. The fourth-order valence-electron chi connectivity index (χ4n) is 3.18. The SMILES string of the molecule is COc1ccc(-c2cc3ncnn3c(Nc3ccc(CCC(=O)[O-])cc3)n2)cc1OC.[Na+]. The number of ether oxygens (including phenoxy) is 2. The molecule has 0 fully saturated rings. The molecule has 9 nitrogen and oxygen atoms in total. The molecule has 0 amide bonds. The van der Waals surface area contributed by atoms with Crippen LogP contribution in [0.1, 0.15) is 12.0 Å². The van der Waals surface area contributed by atoms with Crippen molar-refractivity contribution in [2.45, 2.75) is 12.8 Å². The van der Waals surface area contributed by atoms with Gasteiger partial charge < -0.3 is 24.7 Å². The molecule has 2 aromatic heterocycles. The number of rotatable bonds is 8. The maximum atomic E-state index is 10.6. The second kappa shape index (κ2) is 10.4. The van der Waals surface area contributed by atoms with Crippen molar-refractivity contribution in [3.05, 3.63) is 60.4 Å². The number of hydrogen-bond acceptors (Lipinski definition) is 8. The summed E-state index contributed by atoms with van der Waals surface area (Å²) >= 11 is 0. The van der Waals surface area contributed by atoms with E-state index in [9.17, 15) is 9.90 Å². The zero-order valence-electron chi connectivity index (χ0n) is 18.0. The molecule has 0 aliphatic rings. The first kappa shape index (κ1) is 23.5. The third-order valence-corrected chi connectivity index (χ3v) is 4.77. The summed E-state index contributed by atoms with van der Waals surface area (Å²) in [5.41, 5.74) is 3.85. The maximum absolute atomic E-state index is 10.6. The molecule has 2 heterocycles. The molecule has 4 aromatic rings. The Morgan fingerprint density at radius 3 is 2.50 bits per heavy atom. The standard InChI is InChI=1S/C22H21N5O4.Na/c1-30-18-9-6-15(11-19(18)31-2)17-12-20-23-13-24-27(20)22(26-17)25-16-7-3-14(4-8-16)5-10-21(28)29;/h3-4,6-9,11-13H,5,10H2,1-2H3,(H,25,26)(H,28,29);/q;+1/p-1. The quantitative estimate of drug-likeness (QED) is 0.355. The number of fused-ring (bicyclic) bond motifs is 1. The molecule has 0 saturated heterocycles. The fourth-order valence-corrected chi connectivity index (χ4v) is 3.18. The molecule has 0 atom stereocenters. The van der Waals surface area contributed by atoms with E-state index in [1.165, 1.54) is 6.33 Å². The van der Waals surface area contributed by atoms with Crippen molar-refractivity contribution in [2.75, 3.05) is 19.5 Å². The Kier molecular flexibility index (Phi) is 7.68. The first-order chi connectivity index (χ1) is 15.1. The number of aromatic nitrogens is 4. The van der Waals surface area contributed by atoms with Crippen LogP contribution >= 0.6 is 0 Å². The average Bonchev–Trinajstić information content (AvgIpc) is 3.27. The Morgan fingerprint density at radius 2 is 1.81 bits per heavy atom. The molecule has 32 heavy (non-hydrogen) atoms. The summed E-state index contributed by atoms with van der Waals surface area (Å²) in [5, 5.41) is 18.1. The third-order valence-electron chi connectivity index (χ3n) is 4.77. The Morgan fingerprint density at radius 1 is 1.06 bits per heavy atom. The topological polar surface area (TPSA) is 114 Å². The van der Waals surface area contributed by atoms with Crippen molar-refractivity contribution in [1.29, 1.82) is 0 Å². The number of carboxylic acids is 1. The molecule has 158 valence electrons. The molecule has 1 N–H and O–H groups in total. The molecule has 0 spiro atoms. The van der Waals surface area contributed by atoms with Crippen LogP contribution < -0.4 is 49.5 Å². The molecule has 4 rings (SSSR count). The monoisotopic (exact) mass is 441 g/mol. The predicted molar refractivity (Wildman–Crippen MR) is 112 cm³/mol. The number of nitrogens with one attached hydrogen (secondary N) is 1. The Hall–Kier alpha value is -3.14. The smallest absolute Gasteiger partial charge is 0.550 e. The summed E-state index contributed by atoms with van der Waals surface area (Å²) in [5.74, 6) is 0.658. The number of hydrogen-bond donors (Lipinski definition) is 1. The zero-order valence-corrected chi connectivity index (χ0v) is 20.0. The van der Waals surface area contributed by atoms with Gasteiger partial charge >= 0.3 is 29.6 Å². The van der Waals surface area contributed by atoms with Crippen LogP contribution in [0, 0.1) is 0 Å². The summed E-state index contributed by atoms with van der Waals surface area (Å²) in [6.45, 7) is 0. The molecule has 0 aliphatic carbocycles. The molecule has 0 bridgehead atoms. The molecule has 0 unspecified atom stereocenters. The summed E-state index contributed by atoms with van der Waals surface area (Å²) in [4.78, 5) is 19.7. The van der Waals surface area contributed by atoms with Gasteiger partial charge in [-0.3, -0.25) is 0 Å². The molecule has 10 heteroatoms. The number of aryl methyl sites for hydroxylation is 1. The minimum Gasteiger partial charge on any atom is -0.550 e. The molecular formula is C22H20N5NaO4. The van der Waals surface area contributed by atoms with E-state index >= 15 is 0 Å². The van der Waals surface area contributed by atoms with Gasteiger partial charge in [-0.05, 0) is 48.7 Å². The van der Waals surface area contributed by atoms with E-state index in [1.807, 2.05) is 48.5 Å². The Balaban J connectivity index is 0.00000289. The van der Waals surface area contributed by atoms with Crippen LogP contribution in [0.4, 0.5) is 11.6 Å². The first-order valence-corrected chi connectivity index (χ1v) is 9.56. The van der Waals surface area contributed by atoms with Crippen molar-refractivity contribution in [3.8, 4) is 22.8 Å². The van der Waals surface area contributed by atoms with Gasteiger partial charge in [-0.1, -0.05) is 12.1 Å². The minimum atomic E-state index is -1.06. The minimum absolute atomic E-state index is 0. The van der Waals surface area contributed by atoms with Crippen molar-refractivity contribution in [3.63, 3.8) is 0 Å². The largest absolute Gasteiger partial charge is 1.00 e. The molecule has 2 aromatic carbocycles. The van der Waals surface area contributed by atoms with Crippen LogP contribution in [-0.2, 0) is 11.2 Å². The van der Waals surface area contributed by atoms with Crippen LogP contribution in [0.3, 0.4) is 0 Å². The number of nitrogens with zero attached hydrogens (tertiary/aromatic N) is 4. The van der Waals surface area contributed by atoms with E-state index in [0.29, 0.717) is 35.2 Å². The van der Waals surface area contributed by atoms with E-state index in [2.05, 4.69) is 15.4 Å². The Bertz CT molecular complexity index is 1230. The summed E-state index contributed by atoms with van der Waals surface area (Å²) < 4.78 is 12.3. The van der Waals surface area contributed by atoms with E-state index in [-0.39, 0.29) is 36.0 Å². The van der Waals surface area contributed by atoms with Gasteiger partial charge in [0.25, 0.3) is 0 Å². The number of aliphatic carboxylic acids is 1. The van der Waals surface area contributed by atoms with Gasteiger partial charge in [0.05, 0.1) is 19.9 Å². The molecule has 0 saturated carbocycles. The van der Waals surface area contributed by atoms with Crippen LogP contribution in [0.15, 0.2) is 54.9 Å². The average molecular weight is 441 g/mol. The van der Waals surface area contributed by atoms with Crippen molar-refractivity contribution in [2.24, 2.45) is 0 Å². The van der Waals surface area contributed by atoms with Crippen LogP contribution in [-0.4, -0.2) is 39.8 Å². The zero-order chi connectivity index (χ0) is 21.8. The summed E-state index contributed by atoms with van der Waals surface area (Å²) in [6.07, 6.45) is 1.87. The van der Waals surface area contributed by atoms with Crippen LogP contribution in [0.25, 0.3) is 16.9 Å².